The number of carbonyl (C=O) groups excluding carboxylic acids is 1. The fraction of sp³-hybridized carbons (Fsp3) is 0.571. The number of aryl methyl sites for hydroxylation is 2. The SMILES string of the molecule is CCCCCNC(=O)CC[n+]1ccc(C)cc1.[Br-]. The van der Waals surface area contributed by atoms with Gasteiger partial charge in [-0.2, -0.15) is 0 Å². The van der Waals surface area contributed by atoms with Crippen LogP contribution < -0.4 is 26.9 Å². The number of nitrogens with one attached hydrogen (secondary N) is 1. The molecule has 1 heterocycles. The highest BCUT2D eigenvalue weighted by atomic mass is 79.9. The molecule has 0 aliphatic rings. The van der Waals surface area contributed by atoms with Crippen molar-refractivity contribution in [3.63, 3.8) is 0 Å². The fourth-order valence-corrected chi connectivity index (χ4v) is 1.60. The van der Waals surface area contributed by atoms with E-state index < -0.39 is 0 Å². The molecule has 1 amide bonds. The molecular weight excluding hydrogens is 292 g/mol. The molecule has 0 bridgehead atoms. The average molecular weight is 315 g/mol. The lowest BCUT2D eigenvalue weighted by atomic mass is 10.2. The highest BCUT2D eigenvalue weighted by molar-refractivity contribution is 5.75. The van der Waals surface area contributed by atoms with Gasteiger partial charge < -0.3 is 22.3 Å². The first kappa shape index (κ1) is 17.1. The third kappa shape index (κ3) is 7.43. The van der Waals surface area contributed by atoms with E-state index in [1.807, 2.05) is 17.0 Å². The maximum absolute atomic E-state index is 11.5. The van der Waals surface area contributed by atoms with Gasteiger partial charge in [0, 0.05) is 18.7 Å². The molecule has 0 radical (unpaired) electrons. The number of aromatic nitrogens is 1. The first-order valence-corrected chi connectivity index (χ1v) is 6.44. The van der Waals surface area contributed by atoms with Crippen LogP contribution in [0.2, 0.25) is 0 Å². The van der Waals surface area contributed by atoms with Gasteiger partial charge in [0.25, 0.3) is 0 Å². The van der Waals surface area contributed by atoms with Crippen LogP contribution in [0.15, 0.2) is 24.5 Å². The van der Waals surface area contributed by atoms with E-state index in [4.69, 9.17) is 0 Å². The number of hydrogen-bond acceptors (Lipinski definition) is 1. The van der Waals surface area contributed by atoms with Crippen LogP contribution in [-0.2, 0) is 11.3 Å². The van der Waals surface area contributed by atoms with E-state index in [9.17, 15) is 4.79 Å². The van der Waals surface area contributed by atoms with Crippen LogP contribution in [0, 0.1) is 6.92 Å². The van der Waals surface area contributed by atoms with Crippen molar-refractivity contribution in [2.75, 3.05) is 6.54 Å². The molecule has 0 aromatic carbocycles. The highest BCUT2D eigenvalue weighted by Gasteiger charge is 2.05. The minimum Gasteiger partial charge on any atom is -1.00 e. The summed E-state index contributed by atoms with van der Waals surface area (Å²) in [6.45, 7) is 5.78. The molecule has 0 aliphatic carbocycles. The Kier molecular flexibility index (Phi) is 9.56. The fourth-order valence-electron chi connectivity index (χ4n) is 1.60. The topological polar surface area (TPSA) is 33.0 Å². The highest BCUT2D eigenvalue weighted by Crippen LogP contribution is 1.92. The van der Waals surface area contributed by atoms with E-state index in [1.165, 1.54) is 18.4 Å². The zero-order valence-corrected chi connectivity index (χ0v) is 12.9. The third-order valence-corrected chi connectivity index (χ3v) is 2.76. The minimum absolute atomic E-state index is 0. The number of amides is 1. The molecule has 18 heavy (non-hydrogen) atoms. The van der Waals surface area contributed by atoms with Crippen molar-refractivity contribution in [2.24, 2.45) is 0 Å². The quantitative estimate of drug-likeness (QED) is 0.507. The van der Waals surface area contributed by atoms with Crippen LogP contribution in [0.3, 0.4) is 0 Å². The van der Waals surface area contributed by atoms with E-state index in [2.05, 4.69) is 31.3 Å². The van der Waals surface area contributed by atoms with Crippen LogP contribution in [0.4, 0.5) is 0 Å². The summed E-state index contributed by atoms with van der Waals surface area (Å²) in [4.78, 5) is 11.5. The third-order valence-electron chi connectivity index (χ3n) is 2.76. The lowest BCUT2D eigenvalue weighted by Crippen LogP contribution is -3.00. The Morgan fingerprint density at radius 1 is 1.28 bits per heavy atom. The predicted octanol–water partition coefficient (Wildman–Crippen LogP) is -1.02. The Labute approximate surface area is 120 Å². The average Bonchev–Trinajstić information content (AvgIpc) is 2.34. The molecule has 0 saturated heterocycles. The second kappa shape index (κ2) is 10.1. The Morgan fingerprint density at radius 2 is 1.94 bits per heavy atom. The number of carbonyl (C=O) groups is 1. The lowest BCUT2D eigenvalue weighted by molar-refractivity contribution is -0.695. The summed E-state index contributed by atoms with van der Waals surface area (Å²) in [5, 5.41) is 2.95. The number of halogens is 1. The molecule has 1 rings (SSSR count). The Bertz CT molecular complexity index is 338. The van der Waals surface area contributed by atoms with E-state index in [0.29, 0.717) is 6.42 Å². The first-order chi connectivity index (χ1) is 8.22. The van der Waals surface area contributed by atoms with Gasteiger partial charge in [0.15, 0.2) is 18.9 Å². The lowest BCUT2D eigenvalue weighted by Gasteiger charge is -2.03. The van der Waals surface area contributed by atoms with E-state index >= 15 is 0 Å². The minimum atomic E-state index is 0. The van der Waals surface area contributed by atoms with Crippen LogP contribution in [0.5, 0.6) is 0 Å². The molecule has 0 saturated carbocycles. The first-order valence-electron chi connectivity index (χ1n) is 6.44. The summed E-state index contributed by atoms with van der Waals surface area (Å²) in [6.07, 6.45) is 8.04. The van der Waals surface area contributed by atoms with Gasteiger partial charge in [-0.3, -0.25) is 4.79 Å². The second-order valence-electron chi connectivity index (χ2n) is 4.42. The molecule has 0 fully saturated rings. The van der Waals surface area contributed by atoms with Crippen LogP contribution in [0.25, 0.3) is 0 Å². The monoisotopic (exact) mass is 314 g/mol. The summed E-state index contributed by atoms with van der Waals surface area (Å²) in [7, 11) is 0. The zero-order valence-electron chi connectivity index (χ0n) is 11.3. The molecule has 102 valence electrons. The molecule has 0 unspecified atom stereocenters. The maximum Gasteiger partial charge on any atom is 0.226 e. The van der Waals surface area contributed by atoms with Gasteiger partial charge >= 0.3 is 0 Å². The Morgan fingerprint density at radius 3 is 2.56 bits per heavy atom. The van der Waals surface area contributed by atoms with Crippen LogP contribution in [0.1, 0.15) is 38.2 Å². The molecule has 1 aromatic heterocycles. The number of unbranched alkanes of at least 4 members (excludes halogenated alkanes) is 2. The van der Waals surface area contributed by atoms with Gasteiger partial charge in [-0.05, 0) is 18.9 Å². The molecule has 0 spiro atoms. The summed E-state index contributed by atoms with van der Waals surface area (Å²) >= 11 is 0. The van der Waals surface area contributed by atoms with Gasteiger partial charge in [-0.25, -0.2) is 4.57 Å². The molecular formula is C14H23BrN2O. The zero-order chi connectivity index (χ0) is 12.5. The van der Waals surface area contributed by atoms with Crippen molar-refractivity contribution in [2.45, 2.75) is 46.1 Å². The van der Waals surface area contributed by atoms with Crippen molar-refractivity contribution in [3.8, 4) is 0 Å². The number of rotatable bonds is 7. The van der Waals surface area contributed by atoms with Gasteiger partial charge in [-0.1, -0.05) is 19.8 Å². The summed E-state index contributed by atoms with van der Waals surface area (Å²) in [5.74, 6) is 0.147. The van der Waals surface area contributed by atoms with Gasteiger partial charge in [-0.15, -0.1) is 0 Å². The van der Waals surface area contributed by atoms with Gasteiger partial charge in [0.05, 0.1) is 6.42 Å². The van der Waals surface area contributed by atoms with Crippen molar-refractivity contribution < 1.29 is 26.3 Å². The van der Waals surface area contributed by atoms with Crippen molar-refractivity contribution >= 4 is 5.91 Å². The molecule has 1 N–H and O–H groups in total. The van der Waals surface area contributed by atoms with E-state index in [1.54, 1.807) is 0 Å². The standard InChI is InChI=1S/C14H22N2O.BrH/c1-3-4-5-9-15-14(17)8-12-16-10-6-13(2)7-11-16;/h6-7,10-11H,3-5,8-9,12H2,1-2H3;1H. The number of pyridine rings is 1. The second-order valence-corrected chi connectivity index (χ2v) is 4.42. The molecule has 4 heteroatoms. The van der Waals surface area contributed by atoms with Gasteiger partial charge in [0.2, 0.25) is 5.91 Å². The van der Waals surface area contributed by atoms with E-state index in [0.717, 1.165) is 19.5 Å². The Hall–Kier alpha value is -0.900. The summed E-state index contributed by atoms with van der Waals surface area (Å²) < 4.78 is 2.04. The summed E-state index contributed by atoms with van der Waals surface area (Å²) in [5.41, 5.74) is 1.24. The van der Waals surface area contributed by atoms with Crippen LogP contribution in [-0.4, -0.2) is 12.5 Å². The number of nitrogens with zero attached hydrogens (tertiary/aromatic N) is 1. The van der Waals surface area contributed by atoms with Crippen LogP contribution >= 0.6 is 0 Å². The molecule has 0 atom stereocenters. The molecule has 1 aromatic rings. The largest absolute Gasteiger partial charge is 1.00 e. The van der Waals surface area contributed by atoms with Crippen molar-refractivity contribution in [3.05, 3.63) is 30.1 Å². The van der Waals surface area contributed by atoms with Crippen molar-refractivity contribution in [1.82, 2.24) is 5.32 Å². The molecule has 0 aliphatic heterocycles. The summed E-state index contributed by atoms with van der Waals surface area (Å²) in [6, 6.07) is 4.11. The van der Waals surface area contributed by atoms with E-state index in [-0.39, 0.29) is 22.9 Å². The molecule has 3 nitrogen and oxygen atoms in total. The number of hydrogen-bond donors (Lipinski definition) is 1. The smallest absolute Gasteiger partial charge is 0.226 e. The maximum atomic E-state index is 11.5. The normalized spacial score (nSPS) is 9.67. The van der Waals surface area contributed by atoms with Gasteiger partial charge in [0.1, 0.15) is 0 Å². The Balaban J connectivity index is 0.00000289. The predicted molar refractivity (Wildman–Crippen MR) is 68.5 cm³/mol. The van der Waals surface area contributed by atoms with Crippen molar-refractivity contribution in [1.29, 1.82) is 0 Å².